The summed E-state index contributed by atoms with van der Waals surface area (Å²) >= 11 is 0. The number of hydrogen-bond donors (Lipinski definition) is 0. The molecule has 4 heteroatoms. The monoisotopic (exact) mass is 254 g/mol. The third kappa shape index (κ3) is 2.21. The molecule has 1 aliphatic carbocycles. The van der Waals surface area contributed by atoms with Gasteiger partial charge < -0.3 is 0 Å². The molecule has 3 rings (SSSR count). The first kappa shape index (κ1) is 11.8. The molecular weight excluding hydrogens is 240 g/mol. The summed E-state index contributed by atoms with van der Waals surface area (Å²) in [5.74, 6) is 0. The number of fused-ring (bicyclic) bond motifs is 1. The van der Waals surface area contributed by atoms with Gasteiger partial charge in [-0.1, -0.05) is 30.3 Å². The third-order valence-electron chi connectivity index (χ3n) is 3.52. The van der Waals surface area contributed by atoms with Crippen LogP contribution in [0.15, 0.2) is 36.4 Å². The van der Waals surface area contributed by atoms with Crippen LogP contribution < -0.4 is 0 Å². The lowest BCUT2D eigenvalue weighted by Gasteiger charge is -2.15. The molecule has 4 nitrogen and oxygen atoms in total. The molecule has 0 spiro atoms. The van der Waals surface area contributed by atoms with E-state index in [0.717, 1.165) is 42.5 Å². The lowest BCUT2D eigenvalue weighted by atomic mass is 9.94. The molecular formula is C15H14N2O2. The summed E-state index contributed by atoms with van der Waals surface area (Å²) in [5, 5.41) is 11.2. The minimum absolute atomic E-state index is 0.117. The van der Waals surface area contributed by atoms with Crippen LogP contribution in [0.4, 0.5) is 5.69 Å². The van der Waals surface area contributed by atoms with E-state index in [0.29, 0.717) is 5.69 Å². The standard InChI is InChI=1S/C15H14N2O2/c18-17(19)14-10-12-8-4-5-9-13(12)16-15(14)11-6-2-1-3-7-11/h1-3,6-7,10H,4-5,8-9H2. The maximum absolute atomic E-state index is 11.2. The number of aromatic nitrogens is 1. The molecule has 0 aliphatic heterocycles. The zero-order chi connectivity index (χ0) is 13.2. The molecule has 0 amide bonds. The first-order chi connectivity index (χ1) is 9.25. The van der Waals surface area contributed by atoms with E-state index in [-0.39, 0.29) is 10.6 Å². The number of rotatable bonds is 2. The number of pyridine rings is 1. The van der Waals surface area contributed by atoms with Crippen molar-refractivity contribution in [3.63, 3.8) is 0 Å². The zero-order valence-electron chi connectivity index (χ0n) is 10.5. The number of benzene rings is 1. The highest BCUT2D eigenvalue weighted by atomic mass is 16.6. The van der Waals surface area contributed by atoms with E-state index >= 15 is 0 Å². The average molecular weight is 254 g/mol. The van der Waals surface area contributed by atoms with Crippen molar-refractivity contribution in [1.82, 2.24) is 4.98 Å². The fourth-order valence-corrected chi connectivity index (χ4v) is 2.57. The summed E-state index contributed by atoms with van der Waals surface area (Å²) in [4.78, 5) is 15.5. The predicted molar refractivity (Wildman–Crippen MR) is 73.0 cm³/mol. The summed E-state index contributed by atoms with van der Waals surface area (Å²) in [6.07, 6.45) is 4.04. The van der Waals surface area contributed by atoms with Crippen LogP contribution in [0.3, 0.4) is 0 Å². The Labute approximate surface area is 111 Å². The molecule has 1 aromatic heterocycles. The summed E-state index contributed by atoms with van der Waals surface area (Å²) in [6, 6.07) is 11.1. The smallest absolute Gasteiger partial charge is 0.258 e. The van der Waals surface area contributed by atoms with Crippen LogP contribution in [0.5, 0.6) is 0 Å². The van der Waals surface area contributed by atoms with Crippen LogP contribution >= 0.6 is 0 Å². The molecule has 0 saturated carbocycles. The van der Waals surface area contributed by atoms with Crippen LogP contribution in [-0.4, -0.2) is 9.91 Å². The van der Waals surface area contributed by atoms with Crippen LogP contribution in [0.25, 0.3) is 11.3 Å². The van der Waals surface area contributed by atoms with Crippen molar-refractivity contribution < 1.29 is 4.92 Å². The van der Waals surface area contributed by atoms with Crippen LogP contribution in [-0.2, 0) is 12.8 Å². The third-order valence-corrected chi connectivity index (χ3v) is 3.52. The maximum Gasteiger partial charge on any atom is 0.295 e. The van der Waals surface area contributed by atoms with Gasteiger partial charge in [0.15, 0.2) is 0 Å². The Bertz CT molecular complexity index is 624. The van der Waals surface area contributed by atoms with E-state index < -0.39 is 0 Å². The lowest BCUT2D eigenvalue weighted by molar-refractivity contribution is -0.384. The minimum Gasteiger partial charge on any atom is -0.258 e. The molecule has 19 heavy (non-hydrogen) atoms. The number of aryl methyl sites for hydroxylation is 2. The molecule has 96 valence electrons. The second-order valence-electron chi connectivity index (χ2n) is 4.79. The van der Waals surface area contributed by atoms with E-state index in [2.05, 4.69) is 4.98 Å². The van der Waals surface area contributed by atoms with Crippen molar-refractivity contribution in [3.05, 3.63) is 57.8 Å². The number of nitro groups is 1. The van der Waals surface area contributed by atoms with Crippen LogP contribution in [0.2, 0.25) is 0 Å². The predicted octanol–water partition coefficient (Wildman–Crippen LogP) is 3.54. The van der Waals surface area contributed by atoms with E-state index in [4.69, 9.17) is 0 Å². The second kappa shape index (κ2) is 4.80. The molecule has 0 unspecified atom stereocenters. The Balaban J connectivity index is 2.19. The van der Waals surface area contributed by atoms with Gasteiger partial charge in [0.1, 0.15) is 5.69 Å². The fourth-order valence-electron chi connectivity index (χ4n) is 2.57. The van der Waals surface area contributed by atoms with Crippen LogP contribution in [0, 0.1) is 10.1 Å². The van der Waals surface area contributed by atoms with Gasteiger partial charge in [0.05, 0.1) is 4.92 Å². The number of nitrogens with zero attached hydrogens (tertiary/aromatic N) is 2. The fraction of sp³-hybridized carbons (Fsp3) is 0.267. The SMILES string of the molecule is O=[N+]([O-])c1cc2c(nc1-c1ccccc1)CCCC2. The Morgan fingerprint density at radius 1 is 1.11 bits per heavy atom. The normalized spacial score (nSPS) is 13.9. The minimum atomic E-state index is -0.329. The van der Waals surface area contributed by atoms with Crippen molar-refractivity contribution in [3.8, 4) is 11.3 Å². The van der Waals surface area contributed by atoms with Gasteiger partial charge >= 0.3 is 0 Å². The van der Waals surface area contributed by atoms with Gasteiger partial charge in [0.25, 0.3) is 5.69 Å². The highest BCUT2D eigenvalue weighted by Crippen LogP contribution is 2.32. The van der Waals surface area contributed by atoms with Gasteiger partial charge in [0, 0.05) is 17.3 Å². The Hall–Kier alpha value is -2.23. The van der Waals surface area contributed by atoms with Crippen molar-refractivity contribution >= 4 is 5.69 Å². The molecule has 0 N–H and O–H groups in total. The first-order valence-corrected chi connectivity index (χ1v) is 6.48. The quantitative estimate of drug-likeness (QED) is 0.608. The maximum atomic E-state index is 11.2. The van der Waals surface area contributed by atoms with Gasteiger partial charge in [-0.25, -0.2) is 4.98 Å². The topological polar surface area (TPSA) is 56.0 Å². The van der Waals surface area contributed by atoms with Crippen molar-refractivity contribution in [2.45, 2.75) is 25.7 Å². The summed E-state index contributed by atoms with van der Waals surface area (Å²) in [5.41, 5.74) is 3.48. The average Bonchev–Trinajstić information content (AvgIpc) is 2.46. The second-order valence-corrected chi connectivity index (χ2v) is 4.79. The molecule has 0 atom stereocenters. The molecule has 0 fully saturated rings. The molecule has 0 radical (unpaired) electrons. The first-order valence-electron chi connectivity index (χ1n) is 6.48. The van der Waals surface area contributed by atoms with Crippen LogP contribution in [0.1, 0.15) is 24.1 Å². The molecule has 2 aromatic rings. The zero-order valence-corrected chi connectivity index (χ0v) is 10.5. The van der Waals surface area contributed by atoms with Crippen molar-refractivity contribution in [1.29, 1.82) is 0 Å². The summed E-state index contributed by atoms with van der Waals surface area (Å²) < 4.78 is 0. The molecule has 1 aliphatic rings. The largest absolute Gasteiger partial charge is 0.295 e. The van der Waals surface area contributed by atoms with E-state index in [1.807, 2.05) is 30.3 Å². The Morgan fingerprint density at radius 3 is 2.58 bits per heavy atom. The van der Waals surface area contributed by atoms with E-state index in [9.17, 15) is 10.1 Å². The van der Waals surface area contributed by atoms with Crippen molar-refractivity contribution in [2.24, 2.45) is 0 Å². The van der Waals surface area contributed by atoms with E-state index in [1.165, 1.54) is 0 Å². The number of hydrogen-bond acceptors (Lipinski definition) is 3. The molecule has 0 bridgehead atoms. The van der Waals surface area contributed by atoms with Gasteiger partial charge in [-0.05, 0) is 31.2 Å². The van der Waals surface area contributed by atoms with Gasteiger partial charge in [-0.3, -0.25) is 10.1 Å². The highest BCUT2D eigenvalue weighted by Gasteiger charge is 2.22. The van der Waals surface area contributed by atoms with Gasteiger partial charge in [-0.15, -0.1) is 0 Å². The van der Waals surface area contributed by atoms with Gasteiger partial charge in [-0.2, -0.15) is 0 Å². The molecule has 1 aromatic carbocycles. The lowest BCUT2D eigenvalue weighted by Crippen LogP contribution is -2.08. The van der Waals surface area contributed by atoms with Gasteiger partial charge in [0.2, 0.25) is 0 Å². The van der Waals surface area contributed by atoms with Crippen molar-refractivity contribution in [2.75, 3.05) is 0 Å². The molecule has 1 heterocycles. The Morgan fingerprint density at radius 2 is 1.84 bits per heavy atom. The van der Waals surface area contributed by atoms with E-state index in [1.54, 1.807) is 6.07 Å². The molecule has 0 saturated heterocycles. The Kier molecular flexibility index (Phi) is 2.99. The summed E-state index contributed by atoms with van der Waals surface area (Å²) in [6.45, 7) is 0. The summed E-state index contributed by atoms with van der Waals surface area (Å²) in [7, 11) is 0. The highest BCUT2D eigenvalue weighted by molar-refractivity contribution is 5.70.